The van der Waals surface area contributed by atoms with Gasteiger partial charge in [-0.2, -0.15) is 0 Å². The van der Waals surface area contributed by atoms with E-state index in [1.807, 2.05) is 0 Å². The van der Waals surface area contributed by atoms with E-state index in [1.165, 1.54) is 31.2 Å². The molecule has 10 N–H and O–H groups in total. The minimum atomic E-state index is -1.82. The number of hydrogen-bond acceptors (Lipinski definition) is 14. The number of hydrogen-bond donors (Lipinski definition) is 10. The van der Waals surface area contributed by atoms with Crippen LogP contribution in [0, 0.1) is 0 Å². The minimum absolute atomic E-state index is 0.00170. The molecule has 0 aliphatic carbocycles. The number of phenols is 4. The first-order valence-corrected chi connectivity index (χ1v) is 12.9. The third kappa shape index (κ3) is 5.61. The van der Waals surface area contributed by atoms with Crippen molar-refractivity contribution in [2.45, 2.75) is 68.3 Å². The number of aliphatic hydroxyl groups is 6. The highest BCUT2D eigenvalue weighted by atomic mass is 16.7. The summed E-state index contributed by atoms with van der Waals surface area (Å²) in [7, 11) is 0. The summed E-state index contributed by atoms with van der Waals surface area (Å²) in [5, 5.41) is 102. The van der Waals surface area contributed by atoms with E-state index in [0.717, 1.165) is 12.1 Å². The summed E-state index contributed by atoms with van der Waals surface area (Å²) in [4.78, 5) is 0. The van der Waals surface area contributed by atoms with Crippen molar-refractivity contribution in [2.75, 3.05) is 6.61 Å². The third-order valence-corrected chi connectivity index (χ3v) is 7.20. The van der Waals surface area contributed by atoms with Crippen LogP contribution in [0.15, 0.2) is 40.8 Å². The van der Waals surface area contributed by atoms with Crippen molar-refractivity contribution in [1.29, 1.82) is 0 Å². The van der Waals surface area contributed by atoms with Gasteiger partial charge in [-0.25, -0.2) is 4.42 Å². The maximum atomic E-state index is 10.7. The van der Waals surface area contributed by atoms with Crippen LogP contribution in [-0.4, -0.2) is 119 Å². The van der Waals surface area contributed by atoms with Crippen molar-refractivity contribution in [3.8, 4) is 40.1 Å². The second kappa shape index (κ2) is 11.6. The molecule has 15 nitrogen and oxygen atoms in total. The molecule has 3 heterocycles. The Balaban J connectivity index is 1.44. The summed E-state index contributed by atoms with van der Waals surface area (Å²) in [5.74, 6) is -1.92. The van der Waals surface area contributed by atoms with Gasteiger partial charge in [0, 0.05) is 18.2 Å². The van der Waals surface area contributed by atoms with Gasteiger partial charge in [0.25, 0.3) is 0 Å². The zero-order valence-corrected chi connectivity index (χ0v) is 22.0. The molecule has 5 rings (SSSR count). The van der Waals surface area contributed by atoms with Crippen LogP contribution in [-0.2, 0) is 14.2 Å². The minimum Gasteiger partial charge on any atom is -0.507 e. The molecule has 0 saturated carbocycles. The monoisotopic (exact) mass is 595 g/mol. The number of fused-ring (bicyclic) bond motifs is 1. The Hall–Kier alpha value is -3.51. The molecule has 0 spiro atoms. The Morgan fingerprint density at radius 2 is 1.40 bits per heavy atom. The Morgan fingerprint density at radius 3 is 2.12 bits per heavy atom. The summed E-state index contributed by atoms with van der Waals surface area (Å²) >= 11 is 0. The van der Waals surface area contributed by atoms with Gasteiger partial charge in [0.1, 0.15) is 59.6 Å². The highest BCUT2D eigenvalue weighted by Gasteiger charge is 2.48. The summed E-state index contributed by atoms with van der Waals surface area (Å²) in [5.41, 5.74) is 0.163. The topological polar surface area (TPSA) is 251 Å². The summed E-state index contributed by atoms with van der Waals surface area (Å²) in [6.45, 7) is 0.925. The van der Waals surface area contributed by atoms with Crippen LogP contribution in [0.4, 0.5) is 0 Å². The molecule has 3 aromatic rings. The van der Waals surface area contributed by atoms with E-state index in [2.05, 4.69) is 0 Å². The van der Waals surface area contributed by atoms with Crippen molar-refractivity contribution in [3.63, 3.8) is 0 Å². The molecule has 0 amide bonds. The Morgan fingerprint density at radius 1 is 0.714 bits per heavy atom. The molecular formula is C27H31O15+. The van der Waals surface area contributed by atoms with Crippen LogP contribution in [0.3, 0.4) is 0 Å². The number of rotatable bonds is 6. The van der Waals surface area contributed by atoms with Gasteiger partial charge < -0.3 is 70.0 Å². The molecule has 0 radical (unpaired) electrons. The first-order chi connectivity index (χ1) is 19.8. The van der Waals surface area contributed by atoms with Crippen molar-refractivity contribution >= 4 is 11.0 Å². The molecule has 2 aliphatic rings. The fourth-order valence-corrected chi connectivity index (χ4v) is 4.76. The maximum Gasteiger partial charge on any atom is 0.402 e. The average Bonchev–Trinajstić information content (AvgIpc) is 2.95. The van der Waals surface area contributed by atoms with Gasteiger partial charge in [0.2, 0.25) is 12.0 Å². The predicted octanol–water partition coefficient (Wildman–Crippen LogP) is -0.766. The molecular weight excluding hydrogens is 564 g/mol. The first kappa shape index (κ1) is 30.0. The van der Waals surface area contributed by atoms with Gasteiger partial charge in [-0.15, -0.1) is 0 Å². The fraction of sp³-hybridized carbons (Fsp3) is 0.444. The standard InChI is InChI=1S/C27H30O15/c1-9-19(32)21(34)23(36)26(39-9)38-8-18-20(33)22(35)24(37)27(42-18)41-17-7-12-14(30)5-11(28)6-16(12)40-25(17)10-2-3-13(29)15(31)4-10/h2-7,9,18-24,26-27,32-37H,8H2,1H3,(H3-,28,29,30,31)/p+1/t9-,18+,19-,20+,21+,22-,23+,24+,26+,27?/m0/s1. The van der Waals surface area contributed by atoms with E-state index >= 15 is 0 Å². The van der Waals surface area contributed by atoms with E-state index in [0.29, 0.717) is 0 Å². The van der Waals surface area contributed by atoms with Gasteiger partial charge in [0.05, 0.1) is 24.3 Å². The zero-order chi connectivity index (χ0) is 30.5. The van der Waals surface area contributed by atoms with Crippen LogP contribution in [0.5, 0.6) is 28.7 Å². The zero-order valence-electron chi connectivity index (χ0n) is 22.0. The largest absolute Gasteiger partial charge is 0.507 e. The molecule has 1 aromatic heterocycles. The average molecular weight is 596 g/mol. The Bertz CT molecular complexity index is 1430. The van der Waals surface area contributed by atoms with Gasteiger partial charge in [0.15, 0.2) is 17.8 Å². The van der Waals surface area contributed by atoms with Crippen molar-refractivity contribution < 1.29 is 74.4 Å². The highest BCUT2D eigenvalue weighted by Crippen LogP contribution is 2.42. The second-order valence-corrected chi connectivity index (χ2v) is 10.2. The molecule has 228 valence electrons. The number of phenolic OH excluding ortho intramolecular Hbond substituents is 4. The molecule has 1 unspecified atom stereocenters. The summed E-state index contributed by atoms with van der Waals surface area (Å²) in [6.07, 6.45) is -15.3. The fourth-order valence-electron chi connectivity index (χ4n) is 4.76. The third-order valence-electron chi connectivity index (χ3n) is 7.20. The molecule has 2 aromatic carbocycles. The van der Waals surface area contributed by atoms with Gasteiger partial charge in [-0.1, -0.05) is 0 Å². The number of aliphatic hydroxyl groups excluding tert-OH is 6. The number of aromatic hydroxyl groups is 4. The number of benzene rings is 2. The maximum absolute atomic E-state index is 10.7. The SMILES string of the molecule is C[C@@H]1O[C@@H](OC[C@H]2OC(Oc3cc4c(O)cc(O)cc4[o+]c3-c3ccc(O)c(O)c3)[C@H](O)[C@@H](O)[C@@H]2O)[C@H](O)[C@H](O)[C@H]1O. The molecule has 42 heavy (non-hydrogen) atoms. The Kier molecular flexibility index (Phi) is 8.30. The summed E-state index contributed by atoms with van der Waals surface area (Å²) in [6, 6.07) is 7.22. The lowest BCUT2D eigenvalue weighted by Crippen LogP contribution is -2.61. The van der Waals surface area contributed by atoms with Crippen LogP contribution in [0.1, 0.15) is 6.92 Å². The summed E-state index contributed by atoms with van der Waals surface area (Å²) < 4.78 is 28.3. The normalized spacial score (nSPS) is 33.5. The number of ether oxygens (including phenoxy) is 4. The van der Waals surface area contributed by atoms with Crippen molar-refractivity contribution in [2.24, 2.45) is 0 Å². The van der Waals surface area contributed by atoms with Gasteiger partial charge >= 0.3 is 11.3 Å². The van der Waals surface area contributed by atoms with Gasteiger partial charge in [-0.3, -0.25) is 0 Å². The highest BCUT2D eigenvalue weighted by molar-refractivity contribution is 5.88. The smallest absolute Gasteiger partial charge is 0.402 e. The lowest BCUT2D eigenvalue weighted by Gasteiger charge is -2.42. The molecule has 2 aliphatic heterocycles. The van der Waals surface area contributed by atoms with Crippen molar-refractivity contribution in [3.05, 3.63) is 36.4 Å². The first-order valence-electron chi connectivity index (χ1n) is 12.9. The van der Waals surface area contributed by atoms with E-state index in [9.17, 15) is 51.1 Å². The molecule has 2 saturated heterocycles. The van der Waals surface area contributed by atoms with E-state index in [4.69, 9.17) is 23.4 Å². The quantitative estimate of drug-likeness (QED) is 0.124. The Labute approximate surface area is 237 Å². The van der Waals surface area contributed by atoms with Gasteiger partial charge in [-0.05, 0) is 19.1 Å². The second-order valence-electron chi connectivity index (χ2n) is 10.2. The van der Waals surface area contributed by atoms with E-state index < -0.39 is 85.3 Å². The predicted molar refractivity (Wildman–Crippen MR) is 138 cm³/mol. The molecule has 10 atom stereocenters. The van der Waals surface area contributed by atoms with E-state index in [1.54, 1.807) is 0 Å². The molecule has 15 heteroatoms. The molecule has 2 fully saturated rings. The lowest BCUT2D eigenvalue weighted by atomic mass is 9.98. The van der Waals surface area contributed by atoms with Crippen molar-refractivity contribution in [1.82, 2.24) is 0 Å². The van der Waals surface area contributed by atoms with E-state index in [-0.39, 0.29) is 33.8 Å². The van der Waals surface area contributed by atoms with Crippen LogP contribution < -0.4 is 4.74 Å². The molecule has 0 bridgehead atoms. The van der Waals surface area contributed by atoms with Crippen LogP contribution in [0.2, 0.25) is 0 Å². The van der Waals surface area contributed by atoms with Crippen LogP contribution in [0.25, 0.3) is 22.3 Å². The lowest BCUT2D eigenvalue weighted by molar-refractivity contribution is -0.318. The van der Waals surface area contributed by atoms with Crippen LogP contribution >= 0.6 is 0 Å².